The normalized spacial score (nSPS) is 22.6. The number of aliphatic hydroxyl groups is 2. The molecule has 0 aliphatic heterocycles. The van der Waals surface area contributed by atoms with Crippen LogP contribution < -0.4 is 0 Å². The van der Waals surface area contributed by atoms with Crippen molar-refractivity contribution >= 4 is 11.8 Å². The zero-order chi connectivity index (χ0) is 22.6. The smallest absolute Gasteiger partial charge is 0.306 e. The minimum absolute atomic E-state index is 0.0612. The molecule has 1 aromatic carbocycles. The summed E-state index contributed by atoms with van der Waals surface area (Å²) in [7, 11) is 0. The maximum atomic E-state index is 12.3. The Bertz CT molecular complexity index is 737. The molecule has 1 saturated carbocycles. The number of aliphatic hydroxyl groups excluding tert-OH is 2. The van der Waals surface area contributed by atoms with E-state index in [1.165, 1.54) is 5.56 Å². The summed E-state index contributed by atoms with van der Waals surface area (Å²) < 4.78 is 5.10. The van der Waals surface area contributed by atoms with Gasteiger partial charge < -0.3 is 14.9 Å². The first kappa shape index (κ1) is 25.0. The van der Waals surface area contributed by atoms with Crippen molar-refractivity contribution in [1.82, 2.24) is 0 Å². The van der Waals surface area contributed by atoms with Gasteiger partial charge in [0.2, 0.25) is 0 Å². The molecule has 0 radical (unpaired) electrons. The van der Waals surface area contributed by atoms with E-state index in [1.807, 2.05) is 62.4 Å². The molecule has 4 atom stereocenters. The molecule has 0 spiro atoms. The van der Waals surface area contributed by atoms with Crippen LogP contribution in [0, 0.1) is 11.8 Å². The molecule has 31 heavy (non-hydrogen) atoms. The standard InChI is InChI=1S/C26H36O5/c1-19(2)31-26(30)13-9-4-3-8-12-22-23(25(29)18-24(22)28)17-16-21(27)15-14-20-10-6-5-7-11-20/h3,5-8,10-11,16-17,19,21-23,25,27,29H,4,9,12-15,18H2,1-2H3/b8-3-,17-16+/t21-,22?,23?,25+/m0/s1. The summed E-state index contributed by atoms with van der Waals surface area (Å²) >= 11 is 0. The van der Waals surface area contributed by atoms with Crippen LogP contribution in [0.4, 0.5) is 0 Å². The van der Waals surface area contributed by atoms with Crippen LogP contribution >= 0.6 is 0 Å². The Morgan fingerprint density at radius 1 is 1.23 bits per heavy atom. The Morgan fingerprint density at radius 2 is 1.97 bits per heavy atom. The van der Waals surface area contributed by atoms with Crippen molar-refractivity contribution in [2.24, 2.45) is 11.8 Å². The highest BCUT2D eigenvalue weighted by atomic mass is 16.5. The van der Waals surface area contributed by atoms with E-state index in [0.717, 1.165) is 12.8 Å². The second-order valence-corrected chi connectivity index (χ2v) is 8.54. The average molecular weight is 429 g/mol. The number of allylic oxidation sites excluding steroid dienone is 2. The number of hydrogen-bond acceptors (Lipinski definition) is 5. The van der Waals surface area contributed by atoms with Crippen molar-refractivity contribution < 1.29 is 24.5 Å². The van der Waals surface area contributed by atoms with E-state index < -0.39 is 12.2 Å². The SMILES string of the molecule is CC(C)OC(=O)CCC/C=C\CC1C(=O)C[C@@H](O)C1/C=C/[C@@H](O)CCc1ccccc1. The monoisotopic (exact) mass is 428 g/mol. The van der Waals surface area contributed by atoms with Crippen molar-refractivity contribution in [2.45, 2.75) is 77.1 Å². The van der Waals surface area contributed by atoms with Crippen LogP contribution in [0.3, 0.4) is 0 Å². The molecule has 0 heterocycles. The van der Waals surface area contributed by atoms with E-state index in [0.29, 0.717) is 25.7 Å². The van der Waals surface area contributed by atoms with Crippen molar-refractivity contribution in [3.63, 3.8) is 0 Å². The van der Waals surface area contributed by atoms with E-state index in [2.05, 4.69) is 0 Å². The second kappa shape index (κ2) is 13.2. The first-order valence-electron chi connectivity index (χ1n) is 11.3. The van der Waals surface area contributed by atoms with Crippen LogP contribution in [0.1, 0.15) is 57.9 Å². The van der Waals surface area contributed by atoms with Gasteiger partial charge in [0.15, 0.2) is 0 Å². The average Bonchev–Trinajstić information content (AvgIpc) is 3.00. The topological polar surface area (TPSA) is 83.8 Å². The number of aryl methyl sites for hydroxylation is 1. The second-order valence-electron chi connectivity index (χ2n) is 8.54. The molecular formula is C26H36O5. The fraction of sp³-hybridized carbons (Fsp3) is 0.538. The minimum atomic E-state index is -0.700. The summed E-state index contributed by atoms with van der Waals surface area (Å²) in [5, 5.41) is 20.6. The fourth-order valence-electron chi connectivity index (χ4n) is 3.89. The van der Waals surface area contributed by atoms with Crippen LogP contribution in [0.25, 0.3) is 0 Å². The lowest BCUT2D eigenvalue weighted by Gasteiger charge is -2.16. The Labute approximate surface area is 185 Å². The first-order chi connectivity index (χ1) is 14.9. The molecule has 170 valence electrons. The van der Waals surface area contributed by atoms with Gasteiger partial charge >= 0.3 is 5.97 Å². The minimum Gasteiger partial charge on any atom is -0.463 e. The highest BCUT2D eigenvalue weighted by Crippen LogP contribution is 2.33. The first-order valence-corrected chi connectivity index (χ1v) is 11.3. The van der Waals surface area contributed by atoms with Gasteiger partial charge in [-0.1, -0.05) is 54.6 Å². The van der Waals surface area contributed by atoms with E-state index in [9.17, 15) is 19.8 Å². The molecule has 0 aromatic heterocycles. The fourth-order valence-corrected chi connectivity index (χ4v) is 3.89. The van der Waals surface area contributed by atoms with Gasteiger partial charge in [-0.2, -0.15) is 0 Å². The predicted octanol–water partition coefficient (Wildman–Crippen LogP) is 4.17. The third kappa shape index (κ3) is 9.19. The van der Waals surface area contributed by atoms with E-state index >= 15 is 0 Å². The lowest BCUT2D eigenvalue weighted by atomic mass is 9.90. The van der Waals surface area contributed by atoms with Crippen LogP contribution in [-0.4, -0.2) is 40.3 Å². The zero-order valence-electron chi connectivity index (χ0n) is 18.7. The molecule has 1 fully saturated rings. The lowest BCUT2D eigenvalue weighted by molar-refractivity contribution is -0.147. The van der Waals surface area contributed by atoms with Gasteiger partial charge in [0.1, 0.15) is 5.78 Å². The summed E-state index contributed by atoms with van der Waals surface area (Å²) in [5.74, 6) is -0.668. The van der Waals surface area contributed by atoms with Crippen molar-refractivity contribution in [2.75, 3.05) is 0 Å². The molecular weight excluding hydrogens is 392 g/mol. The summed E-state index contributed by atoms with van der Waals surface area (Å²) in [6.45, 7) is 3.66. The lowest BCUT2D eigenvalue weighted by Crippen LogP contribution is -2.19. The molecule has 1 aromatic rings. The number of benzene rings is 1. The summed E-state index contributed by atoms with van der Waals surface area (Å²) in [4.78, 5) is 23.8. The predicted molar refractivity (Wildman–Crippen MR) is 121 cm³/mol. The van der Waals surface area contributed by atoms with Crippen LogP contribution in [0.2, 0.25) is 0 Å². The van der Waals surface area contributed by atoms with Crippen molar-refractivity contribution in [1.29, 1.82) is 0 Å². The molecule has 5 heteroatoms. The maximum Gasteiger partial charge on any atom is 0.306 e. The number of ketones is 1. The van der Waals surface area contributed by atoms with Gasteiger partial charge in [-0.25, -0.2) is 0 Å². The largest absolute Gasteiger partial charge is 0.463 e. The third-order valence-electron chi connectivity index (χ3n) is 5.54. The van der Waals surface area contributed by atoms with E-state index in [1.54, 1.807) is 6.08 Å². The van der Waals surface area contributed by atoms with Gasteiger partial charge in [0.05, 0.1) is 18.3 Å². The number of carbonyl (C=O) groups excluding carboxylic acids is 2. The summed E-state index contributed by atoms with van der Waals surface area (Å²) in [6, 6.07) is 9.99. The number of esters is 1. The summed E-state index contributed by atoms with van der Waals surface area (Å²) in [6.07, 6.45) is 10.00. The van der Waals surface area contributed by atoms with Gasteiger partial charge in [-0.05, 0) is 51.5 Å². The number of unbranched alkanes of at least 4 members (excludes halogenated alkanes) is 1. The molecule has 2 unspecified atom stereocenters. The number of ether oxygens (including phenoxy) is 1. The van der Waals surface area contributed by atoms with Crippen molar-refractivity contribution in [3.8, 4) is 0 Å². The number of carbonyl (C=O) groups is 2. The molecule has 0 bridgehead atoms. The highest BCUT2D eigenvalue weighted by molar-refractivity contribution is 5.84. The summed E-state index contributed by atoms with van der Waals surface area (Å²) in [5.41, 5.74) is 1.17. The van der Waals surface area contributed by atoms with Crippen LogP contribution in [0.15, 0.2) is 54.6 Å². The highest BCUT2D eigenvalue weighted by Gasteiger charge is 2.39. The van der Waals surface area contributed by atoms with Crippen LogP contribution in [0.5, 0.6) is 0 Å². The van der Waals surface area contributed by atoms with Gasteiger partial charge in [-0.3, -0.25) is 9.59 Å². The van der Waals surface area contributed by atoms with Gasteiger partial charge in [-0.15, -0.1) is 0 Å². The van der Waals surface area contributed by atoms with Gasteiger partial charge in [0, 0.05) is 24.7 Å². The molecule has 1 aliphatic rings. The third-order valence-corrected chi connectivity index (χ3v) is 5.54. The van der Waals surface area contributed by atoms with E-state index in [4.69, 9.17) is 4.74 Å². The van der Waals surface area contributed by atoms with Gasteiger partial charge in [0.25, 0.3) is 0 Å². The van der Waals surface area contributed by atoms with Crippen LogP contribution in [-0.2, 0) is 20.7 Å². The maximum absolute atomic E-state index is 12.3. The number of hydrogen-bond donors (Lipinski definition) is 2. The number of Topliss-reactive ketones (excluding diaryl/α,β-unsaturated/α-hetero) is 1. The molecule has 0 saturated heterocycles. The quantitative estimate of drug-likeness (QED) is 0.297. The molecule has 5 nitrogen and oxygen atoms in total. The molecule has 2 N–H and O–H groups in total. The molecule has 0 amide bonds. The Morgan fingerprint density at radius 3 is 2.68 bits per heavy atom. The Kier molecular flexibility index (Phi) is 10.7. The number of rotatable bonds is 12. The van der Waals surface area contributed by atoms with E-state index in [-0.39, 0.29) is 36.1 Å². The zero-order valence-corrected chi connectivity index (χ0v) is 18.7. The molecule has 1 aliphatic carbocycles. The van der Waals surface area contributed by atoms with Crippen molar-refractivity contribution in [3.05, 3.63) is 60.2 Å². The Hall–Kier alpha value is -2.24. The molecule has 2 rings (SSSR count). The Balaban J connectivity index is 1.77.